The van der Waals surface area contributed by atoms with Gasteiger partial charge < -0.3 is 4.74 Å². The van der Waals surface area contributed by atoms with Crippen LogP contribution in [0.3, 0.4) is 0 Å². The third-order valence-corrected chi connectivity index (χ3v) is 17.1. The molecule has 7 saturated carbocycles. The van der Waals surface area contributed by atoms with Gasteiger partial charge in [-0.05, 0) is 129 Å². The first-order valence-corrected chi connectivity index (χ1v) is 22.2. The Bertz CT molecular complexity index is 1000. The summed E-state index contributed by atoms with van der Waals surface area (Å²) >= 11 is 0. The lowest BCUT2D eigenvalue weighted by Gasteiger charge is -2.54. The van der Waals surface area contributed by atoms with Crippen molar-refractivity contribution in [2.75, 3.05) is 0 Å². The molecule has 13 unspecified atom stereocenters. The third-order valence-electron chi connectivity index (χ3n) is 17.1. The van der Waals surface area contributed by atoms with E-state index in [1.165, 1.54) is 173 Å². The van der Waals surface area contributed by atoms with Crippen molar-refractivity contribution in [3.63, 3.8) is 0 Å². The van der Waals surface area contributed by atoms with Crippen LogP contribution in [-0.4, -0.2) is 30.7 Å². The van der Waals surface area contributed by atoms with E-state index < -0.39 is 0 Å². The molecule has 266 valence electrons. The Morgan fingerprint density at radius 3 is 1.53 bits per heavy atom. The predicted octanol–water partition coefficient (Wildman–Crippen LogP) is 9.92. The highest BCUT2D eigenvalue weighted by Gasteiger charge is 2.57. The van der Waals surface area contributed by atoms with Crippen LogP contribution in [0.15, 0.2) is 0 Å². The Hall–Kier alpha value is -0.160. The summed E-state index contributed by atoms with van der Waals surface area (Å²) in [4.78, 5) is 0. The lowest BCUT2D eigenvalue weighted by molar-refractivity contribution is -0.0908. The molecule has 0 aromatic heterocycles. The minimum atomic E-state index is 0.493. The lowest BCUT2D eigenvalue weighted by Crippen LogP contribution is -2.73. The van der Waals surface area contributed by atoms with Gasteiger partial charge in [-0.1, -0.05) is 109 Å². The van der Waals surface area contributed by atoms with Gasteiger partial charge in [-0.25, -0.2) is 0 Å². The van der Waals surface area contributed by atoms with Gasteiger partial charge >= 0.3 is 0 Å². The zero-order valence-corrected chi connectivity index (χ0v) is 30.2. The maximum absolute atomic E-state index is 7.34. The summed E-state index contributed by atoms with van der Waals surface area (Å²) in [5.74, 6) is 9.78. The van der Waals surface area contributed by atoms with Gasteiger partial charge in [-0.2, -0.15) is 0 Å². The van der Waals surface area contributed by atoms with Crippen LogP contribution in [-0.2, 0) is 4.74 Å². The highest BCUT2D eigenvalue weighted by Crippen LogP contribution is 2.58. The van der Waals surface area contributed by atoms with E-state index in [1.54, 1.807) is 0 Å². The minimum Gasteiger partial charge on any atom is -0.374 e. The first-order chi connectivity index (χ1) is 23.3. The van der Waals surface area contributed by atoms with Crippen molar-refractivity contribution in [2.24, 2.45) is 65.1 Å². The van der Waals surface area contributed by atoms with Gasteiger partial charge in [0.1, 0.15) is 0 Å². The van der Waals surface area contributed by atoms with Crippen LogP contribution in [0.1, 0.15) is 173 Å². The number of fused-ring (bicyclic) bond motifs is 5. The molecule has 0 aromatic carbocycles. The molecular weight excluding hydrogens is 574 g/mol. The molecule has 4 nitrogen and oxygen atoms in total. The number of ether oxygens (including phenoxy) is 1. The molecule has 0 radical (unpaired) electrons. The SMILES string of the molecule is C1CCC(C2CCCC(C3NC(C4CCCCC4)NC(C4CC5C6CCC(C7CCCCC7)CC6OC5C5CCCCC45)N3)C2)CC1. The van der Waals surface area contributed by atoms with Gasteiger partial charge in [0.25, 0.3) is 0 Å². The highest BCUT2D eigenvalue weighted by atomic mass is 16.5. The molecule has 2 aliphatic heterocycles. The second-order valence-electron chi connectivity index (χ2n) is 19.4. The van der Waals surface area contributed by atoms with Gasteiger partial charge in [0.05, 0.1) is 30.7 Å². The molecule has 0 aromatic rings. The Labute approximate surface area is 289 Å². The van der Waals surface area contributed by atoms with Gasteiger partial charge in [-0.3, -0.25) is 16.0 Å². The minimum absolute atomic E-state index is 0.493. The zero-order valence-electron chi connectivity index (χ0n) is 30.2. The molecular formula is C43H73N3O. The molecule has 13 atom stereocenters. The molecule has 3 N–H and O–H groups in total. The van der Waals surface area contributed by atoms with E-state index in [9.17, 15) is 0 Å². The average Bonchev–Trinajstić information content (AvgIpc) is 3.53. The maximum atomic E-state index is 7.34. The van der Waals surface area contributed by atoms with E-state index >= 15 is 0 Å². The smallest absolute Gasteiger partial charge is 0.0641 e. The lowest BCUT2D eigenvalue weighted by atomic mass is 9.57. The van der Waals surface area contributed by atoms with Crippen molar-refractivity contribution >= 4 is 0 Å². The molecule has 2 heterocycles. The van der Waals surface area contributed by atoms with Crippen LogP contribution < -0.4 is 16.0 Å². The van der Waals surface area contributed by atoms with Crippen molar-refractivity contribution in [3.8, 4) is 0 Å². The van der Waals surface area contributed by atoms with Crippen molar-refractivity contribution in [2.45, 2.75) is 204 Å². The molecule has 0 amide bonds. The fourth-order valence-electron chi connectivity index (χ4n) is 14.7. The van der Waals surface area contributed by atoms with Crippen molar-refractivity contribution in [1.29, 1.82) is 0 Å². The third kappa shape index (κ3) is 6.80. The summed E-state index contributed by atoms with van der Waals surface area (Å²) in [5, 5.41) is 13.2. The molecule has 0 bridgehead atoms. The summed E-state index contributed by atoms with van der Waals surface area (Å²) < 4.78 is 7.34. The Morgan fingerprint density at radius 2 is 0.830 bits per heavy atom. The summed E-state index contributed by atoms with van der Waals surface area (Å²) in [5.41, 5.74) is 0. The molecule has 47 heavy (non-hydrogen) atoms. The molecule has 9 fully saturated rings. The molecule has 9 rings (SSSR count). The van der Waals surface area contributed by atoms with Crippen molar-refractivity contribution in [1.82, 2.24) is 16.0 Å². The van der Waals surface area contributed by atoms with Gasteiger partial charge in [-0.15, -0.1) is 0 Å². The topological polar surface area (TPSA) is 45.3 Å². The molecule has 0 spiro atoms. The number of rotatable bonds is 5. The first kappa shape index (κ1) is 32.7. The molecule has 4 heteroatoms. The summed E-state index contributed by atoms with van der Waals surface area (Å²) in [6.07, 6.45) is 42.5. The number of hydrogen-bond donors (Lipinski definition) is 3. The van der Waals surface area contributed by atoms with Gasteiger partial charge in [0, 0.05) is 0 Å². The van der Waals surface area contributed by atoms with Crippen molar-refractivity contribution < 1.29 is 4.74 Å². The van der Waals surface area contributed by atoms with Crippen LogP contribution in [0.25, 0.3) is 0 Å². The second kappa shape index (κ2) is 14.8. The zero-order chi connectivity index (χ0) is 31.2. The monoisotopic (exact) mass is 648 g/mol. The van der Waals surface area contributed by atoms with E-state index in [-0.39, 0.29) is 0 Å². The first-order valence-electron chi connectivity index (χ1n) is 22.2. The van der Waals surface area contributed by atoms with E-state index in [0.29, 0.717) is 30.7 Å². The normalized spacial score (nSPS) is 49.1. The molecule has 7 aliphatic carbocycles. The Morgan fingerprint density at radius 1 is 0.298 bits per heavy atom. The molecule has 9 aliphatic rings. The fourth-order valence-corrected chi connectivity index (χ4v) is 14.7. The van der Waals surface area contributed by atoms with Crippen LogP contribution in [0.2, 0.25) is 0 Å². The predicted molar refractivity (Wildman–Crippen MR) is 192 cm³/mol. The van der Waals surface area contributed by atoms with Gasteiger partial charge in [0.2, 0.25) is 0 Å². The van der Waals surface area contributed by atoms with Crippen LogP contribution in [0.5, 0.6) is 0 Å². The maximum Gasteiger partial charge on any atom is 0.0641 e. The van der Waals surface area contributed by atoms with E-state index in [2.05, 4.69) is 16.0 Å². The van der Waals surface area contributed by atoms with Crippen LogP contribution in [0.4, 0.5) is 0 Å². The Kier molecular flexibility index (Phi) is 10.3. The number of hydrogen-bond acceptors (Lipinski definition) is 4. The summed E-state index contributed by atoms with van der Waals surface area (Å²) in [6, 6.07) is 0. The van der Waals surface area contributed by atoms with E-state index in [1.807, 2.05) is 0 Å². The van der Waals surface area contributed by atoms with Crippen LogP contribution >= 0.6 is 0 Å². The van der Waals surface area contributed by atoms with Crippen molar-refractivity contribution in [3.05, 3.63) is 0 Å². The second-order valence-corrected chi connectivity index (χ2v) is 19.4. The quantitative estimate of drug-likeness (QED) is 0.278. The van der Waals surface area contributed by atoms with E-state index in [4.69, 9.17) is 4.74 Å². The average molecular weight is 648 g/mol. The standard InChI is InChI=1S/C43H73N3O/c1-4-13-28(14-5-1)31-19-12-20-33(25-31)42-44-41(30-17-8-3-9-18-30)45-43(46-42)38-27-37-35-24-23-32(29-15-6-2-7-16-29)26-39(35)47-40(37)36-22-11-10-21-34(36)38/h28-46H,1-27H2. The summed E-state index contributed by atoms with van der Waals surface area (Å²) in [6.45, 7) is 0. The highest BCUT2D eigenvalue weighted by molar-refractivity contribution is 5.07. The Balaban J connectivity index is 0.940. The van der Waals surface area contributed by atoms with E-state index in [0.717, 1.165) is 65.1 Å². The molecule has 2 saturated heterocycles. The number of nitrogens with one attached hydrogen (secondary N) is 3. The largest absolute Gasteiger partial charge is 0.374 e. The van der Waals surface area contributed by atoms with Gasteiger partial charge in [0.15, 0.2) is 0 Å². The fraction of sp³-hybridized carbons (Fsp3) is 1.00. The summed E-state index contributed by atoms with van der Waals surface area (Å²) in [7, 11) is 0. The van der Waals surface area contributed by atoms with Crippen LogP contribution in [0, 0.1) is 65.1 Å².